The minimum atomic E-state index is -0.0905. The molecule has 0 fully saturated rings. The minimum Gasteiger partial charge on any atom is -0.310 e. The molecule has 6 heteroatoms. The summed E-state index contributed by atoms with van der Waals surface area (Å²) < 4.78 is 1.74. The monoisotopic (exact) mass is 247 g/mol. The number of rotatable bonds is 4. The molecule has 0 aliphatic rings. The molecule has 18 heavy (non-hydrogen) atoms. The molecule has 0 amide bonds. The van der Waals surface area contributed by atoms with E-state index in [2.05, 4.69) is 27.2 Å². The van der Waals surface area contributed by atoms with Crippen molar-refractivity contribution in [2.24, 2.45) is 0 Å². The van der Waals surface area contributed by atoms with Gasteiger partial charge in [-0.1, -0.05) is 12.1 Å². The third kappa shape index (κ3) is 2.18. The molecule has 0 aliphatic heterocycles. The van der Waals surface area contributed by atoms with E-state index < -0.39 is 0 Å². The standard InChI is InChI=1S/C12H17N5O/c1-4-6-10-14-11(8(3)12(18)15-10)9-7-13-16-17(9)5-2/h7H,4-6H2,1-3H3,(H,14,15,18). The topological polar surface area (TPSA) is 76.5 Å². The van der Waals surface area contributed by atoms with Crippen LogP contribution in [0.4, 0.5) is 0 Å². The van der Waals surface area contributed by atoms with Crippen molar-refractivity contribution >= 4 is 0 Å². The van der Waals surface area contributed by atoms with Crippen LogP contribution in [0.1, 0.15) is 31.7 Å². The van der Waals surface area contributed by atoms with Crippen LogP contribution in [0.25, 0.3) is 11.4 Å². The Labute approximate surface area is 105 Å². The number of aryl methyl sites for hydroxylation is 2. The Hall–Kier alpha value is -1.98. The number of hydrogen-bond donors (Lipinski definition) is 1. The molecule has 0 saturated heterocycles. The molecule has 0 radical (unpaired) electrons. The lowest BCUT2D eigenvalue weighted by Gasteiger charge is -2.07. The van der Waals surface area contributed by atoms with E-state index >= 15 is 0 Å². The maximum Gasteiger partial charge on any atom is 0.254 e. The van der Waals surface area contributed by atoms with E-state index in [0.29, 0.717) is 23.6 Å². The SMILES string of the molecule is CCCc1nc(-c2cnnn2CC)c(C)c(=O)[nH]1. The van der Waals surface area contributed by atoms with Crippen molar-refractivity contribution in [3.05, 3.63) is 27.9 Å². The summed E-state index contributed by atoms with van der Waals surface area (Å²) in [5, 5.41) is 7.85. The van der Waals surface area contributed by atoms with Gasteiger partial charge in [-0.05, 0) is 20.3 Å². The van der Waals surface area contributed by atoms with Crippen LogP contribution in [-0.4, -0.2) is 25.0 Å². The summed E-state index contributed by atoms with van der Waals surface area (Å²) >= 11 is 0. The second-order valence-electron chi connectivity index (χ2n) is 4.17. The molecule has 0 bridgehead atoms. The first-order chi connectivity index (χ1) is 8.67. The molecule has 0 unspecified atom stereocenters. The van der Waals surface area contributed by atoms with Gasteiger partial charge in [0.05, 0.1) is 6.20 Å². The predicted octanol–water partition coefficient (Wildman–Crippen LogP) is 1.31. The van der Waals surface area contributed by atoms with Gasteiger partial charge in [-0.15, -0.1) is 5.10 Å². The van der Waals surface area contributed by atoms with E-state index in [0.717, 1.165) is 18.5 Å². The van der Waals surface area contributed by atoms with Crippen molar-refractivity contribution in [1.29, 1.82) is 0 Å². The van der Waals surface area contributed by atoms with Crippen molar-refractivity contribution in [1.82, 2.24) is 25.0 Å². The Balaban J connectivity index is 2.59. The Bertz CT molecular complexity index is 599. The predicted molar refractivity (Wildman–Crippen MR) is 68.3 cm³/mol. The molecule has 6 nitrogen and oxygen atoms in total. The van der Waals surface area contributed by atoms with Gasteiger partial charge in [0.2, 0.25) is 0 Å². The van der Waals surface area contributed by atoms with E-state index in [1.807, 2.05) is 6.92 Å². The molecule has 0 atom stereocenters. The summed E-state index contributed by atoms with van der Waals surface area (Å²) in [6.45, 7) is 6.50. The molecule has 96 valence electrons. The molecule has 2 heterocycles. The maximum atomic E-state index is 11.9. The third-order valence-corrected chi connectivity index (χ3v) is 2.85. The summed E-state index contributed by atoms with van der Waals surface area (Å²) in [6, 6.07) is 0. The lowest BCUT2D eigenvalue weighted by Crippen LogP contribution is -2.17. The van der Waals surface area contributed by atoms with Crippen LogP contribution in [0.15, 0.2) is 11.0 Å². The highest BCUT2D eigenvalue weighted by molar-refractivity contribution is 5.57. The van der Waals surface area contributed by atoms with Gasteiger partial charge in [0.15, 0.2) is 0 Å². The fraction of sp³-hybridized carbons (Fsp3) is 0.500. The van der Waals surface area contributed by atoms with Crippen LogP contribution in [0, 0.1) is 6.92 Å². The van der Waals surface area contributed by atoms with Gasteiger partial charge in [-0.25, -0.2) is 9.67 Å². The summed E-state index contributed by atoms with van der Waals surface area (Å²) in [7, 11) is 0. The Morgan fingerprint density at radius 2 is 2.17 bits per heavy atom. The van der Waals surface area contributed by atoms with Crippen molar-refractivity contribution in [3.8, 4) is 11.4 Å². The van der Waals surface area contributed by atoms with Crippen LogP contribution < -0.4 is 5.56 Å². The van der Waals surface area contributed by atoms with Crippen molar-refractivity contribution in [2.75, 3.05) is 0 Å². The molecule has 1 N–H and O–H groups in total. The number of nitrogens with one attached hydrogen (secondary N) is 1. The number of H-pyrrole nitrogens is 1. The molecule has 0 saturated carbocycles. The van der Waals surface area contributed by atoms with Gasteiger partial charge in [0, 0.05) is 18.5 Å². The fourth-order valence-electron chi connectivity index (χ4n) is 1.86. The van der Waals surface area contributed by atoms with Gasteiger partial charge in [0.25, 0.3) is 5.56 Å². The lowest BCUT2D eigenvalue weighted by molar-refractivity contribution is 0.630. The van der Waals surface area contributed by atoms with Crippen molar-refractivity contribution in [2.45, 2.75) is 40.2 Å². The van der Waals surface area contributed by atoms with Gasteiger partial charge in [0.1, 0.15) is 17.2 Å². The molecule has 0 aromatic carbocycles. The fourth-order valence-corrected chi connectivity index (χ4v) is 1.86. The van der Waals surface area contributed by atoms with Crippen LogP contribution in [-0.2, 0) is 13.0 Å². The summed E-state index contributed by atoms with van der Waals surface area (Å²) in [5.74, 6) is 0.715. The normalized spacial score (nSPS) is 10.8. The largest absolute Gasteiger partial charge is 0.310 e. The molecule has 2 aromatic heterocycles. The highest BCUT2D eigenvalue weighted by Crippen LogP contribution is 2.17. The molecule has 0 aliphatic carbocycles. The maximum absolute atomic E-state index is 11.9. The zero-order valence-electron chi connectivity index (χ0n) is 10.9. The zero-order valence-corrected chi connectivity index (χ0v) is 10.9. The number of aromatic nitrogens is 5. The average Bonchev–Trinajstić information content (AvgIpc) is 2.82. The Morgan fingerprint density at radius 3 is 2.83 bits per heavy atom. The average molecular weight is 247 g/mol. The Morgan fingerprint density at radius 1 is 1.39 bits per heavy atom. The van der Waals surface area contributed by atoms with E-state index in [4.69, 9.17) is 0 Å². The highest BCUT2D eigenvalue weighted by atomic mass is 16.1. The minimum absolute atomic E-state index is 0.0905. The number of hydrogen-bond acceptors (Lipinski definition) is 4. The quantitative estimate of drug-likeness (QED) is 0.883. The first kappa shape index (κ1) is 12.5. The van der Waals surface area contributed by atoms with Gasteiger partial charge in [-0.2, -0.15) is 0 Å². The van der Waals surface area contributed by atoms with Crippen molar-refractivity contribution < 1.29 is 0 Å². The van der Waals surface area contributed by atoms with Crippen LogP contribution in [0.3, 0.4) is 0 Å². The van der Waals surface area contributed by atoms with E-state index in [1.165, 1.54) is 0 Å². The third-order valence-electron chi connectivity index (χ3n) is 2.85. The van der Waals surface area contributed by atoms with Crippen LogP contribution in [0.2, 0.25) is 0 Å². The van der Waals surface area contributed by atoms with E-state index in [-0.39, 0.29) is 5.56 Å². The summed E-state index contributed by atoms with van der Waals surface area (Å²) in [6.07, 6.45) is 3.35. The second-order valence-corrected chi connectivity index (χ2v) is 4.17. The number of nitrogens with zero attached hydrogens (tertiary/aromatic N) is 4. The Kier molecular flexibility index (Phi) is 3.55. The van der Waals surface area contributed by atoms with Crippen LogP contribution >= 0.6 is 0 Å². The summed E-state index contributed by atoms with van der Waals surface area (Å²) in [5.41, 5.74) is 1.98. The van der Waals surface area contributed by atoms with Gasteiger partial charge in [-0.3, -0.25) is 4.79 Å². The molecular weight excluding hydrogens is 230 g/mol. The summed E-state index contributed by atoms with van der Waals surface area (Å²) in [4.78, 5) is 19.2. The molecule has 0 spiro atoms. The van der Waals surface area contributed by atoms with Gasteiger partial charge < -0.3 is 4.98 Å². The van der Waals surface area contributed by atoms with Crippen LogP contribution in [0.5, 0.6) is 0 Å². The molecule has 2 rings (SSSR count). The molecule has 2 aromatic rings. The van der Waals surface area contributed by atoms with E-state index in [1.54, 1.807) is 17.8 Å². The van der Waals surface area contributed by atoms with Crippen molar-refractivity contribution in [3.63, 3.8) is 0 Å². The zero-order chi connectivity index (χ0) is 13.1. The highest BCUT2D eigenvalue weighted by Gasteiger charge is 2.13. The van der Waals surface area contributed by atoms with Gasteiger partial charge >= 0.3 is 0 Å². The number of aromatic amines is 1. The first-order valence-electron chi connectivity index (χ1n) is 6.16. The van der Waals surface area contributed by atoms with E-state index in [9.17, 15) is 4.79 Å². The molecular formula is C12H17N5O. The lowest BCUT2D eigenvalue weighted by atomic mass is 10.2. The smallest absolute Gasteiger partial charge is 0.254 e. The first-order valence-corrected chi connectivity index (χ1v) is 6.16. The second kappa shape index (κ2) is 5.12.